The second-order valence-electron chi connectivity index (χ2n) is 5.89. The predicted octanol–water partition coefficient (Wildman–Crippen LogP) is 3.75. The molecule has 2 rings (SSSR count). The Morgan fingerprint density at radius 1 is 1.21 bits per heavy atom. The van der Waals surface area contributed by atoms with Gasteiger partial charge in [-0.1, -0.05) is 32.8 Å². The summed E-state index contributed by atoms with van der Waals surface area (Å²) in [4.78, 5) is 9.30. The van der Waals surface area contributed by atoms with Crippen molar-refractivity contribution in [1.29, 1.82) is 0 Å². The summed E-state index contributed by atoms with van der Waals surface area (Å²) < 4.78 is 2.11. The molecule has 0 radical (unpaired) electrons. The molecule has 0 fully saturated rings. The van der Waals surface area contributed by atoms with Crippen molar-refractivity contribution in [3.8, 4) is 0 Å². The molecular weight excluding hydrogens is 413 g/mol. The summed E-state index contributed by atoms with van der Waals surface area (Å²) in [5, 5.41) is 6.75. The molecule has 24 heavy (non-hydrogen) atoms. The zero-order chi connectivity index (χ0) is 16.7. The number of hydrogen-bond donors (Lipinski definition) is 2. The summed E-state index contributed by atoms with van der Waals surface area (Å²) in [5.74, 6) is 1.56. The summed E-state index contributed by atoms with van der Waals surface area (Å²) in [6.45, 7) is 11.0. The lowest BCUT2D eigenvalue weighted by molar-refractivity contribution is 0.481. The highest BCUT2D eigenvalue weighted by Crippen LogP contribution is 2.09. The molecule has 0 unspecified atom stereocenters. The van der Waals surface area contributed by atoms with Crippen molar-refractivity contribution < 1.29 is 0 Å². The van der Waals surface area contributed by atoms with Gasteiger partial charge in [-0.2, -0.15) is 0 Å². The highest BCUT2D eigenvalue weighted by molar-refractivity contribution is 14.0. The van der Waals surface area contributed by atoms with Crippen LogP contribution in [0.5, 0.6) is 0 Å². The van der Waals surface area contributed by atoms with E-state index in [0.29, 0.717) is 12.5 Å². The SMILES string of the molecule is CCNC(=NCc1cn2c(C)cccc2n1)NCC(CC)CC.I. The minimum absolute atomic E-state index is 0. The molecule has 5 nitrogen and oxygen atoms in total. The van der Waals surface area contributed by atoms with E-state index in [0.717, 1.165) is 30.4 Å². The third-order valence-electron chi connectivity index (χ3n) is 4.20. The number of nitrogens with one attached hydrogen (secondary N) is 2. The van der Waals surface area contributed by atoms with Gasteiger partial charge in [-0.25, -0.2) is 9.98 Å². The average molecular weight is 443 g/mol. The van der Waals surface area contributed by atoms with Crippen LogP contribution in [0.4, 0.5) is 0 Å². The molecule has 6 heteroatoms. The van der Waals surface area contributed by atoms with E-state index in [1.165, 1.54) is 18.5 Å². The quantitative estimate of drug-likeness (QED) is 0.390. The number of pyridine rings is 1. The fourth-order valence-electron chi connectivity index (χ4n) is 2.60. The number of rotatable bonds is 7. The van der Waals surface area contributed by atoms with Crippen molar-refractivity contribution in [3.05, 3.63) is 35.8 Å². The molecule has 0 atom stereocenters. The van der Waals surface area contributed by atoms with Gasteiger partial charge in [0.2, 0.25) is 0 Å². The van der Waals surface area contributed by atoms with Crippen LogP contribution in [-0.4, -0.2) is 28.4 Å². The maximum atomic E-state index is 4.67. The van der Waals surface area contributed by atoms with Crippen LogP contribution < -0.4 is 10.6 Å². The van der Waals surface area contributed by atoms with Gasteiger partial charge in [0.25, 0.3) is 0 Å². The molecular formula is C18H30IN5. The number of aliphatic imine (C=N–C) groups is 1. The van der Waals surface area contributed by atoms with E-state index in [1.807, 2.05) is 12.1 Å². The van der Waals surface area contributed by atoms with Crippen molar-refractivity contribution in [2.24, 2.45) is 10.9 Å². The van der Waals surface area contributed by atoms with Crippen molar-refractivity contribution >= 4 is 35.6 Å². The van der Waals surface area contributed by atoms with E-state index in [9.17, 15) is 0 Å². The van der Waals surface area contributed by atoms with Crippen LogP contribution in [-0.2, 0) is 6.54 Å². The normalized spacial score (nSPS) is 11.6. The first-order valence-corrected chi connectivity index (χ1v) is 8.63. The first-order chi connectivity index (χ1) is 11.2. The average Bonchev–Trinajstić information content (AvgIpc) is 2.98. The van der Waals surface area contributed by atoms with Gasteiger partial charge in [-0.05, 0) is 31.9 Å². The van der Waals surface area contributed by atoms with Gasteiger partial charge in [0.15, 0.2) is 5.96 Å². The number of hydrogen-bond acceptors (Lipinski definition) is 2. The Kier molecular flexibility index (Phi) is 9.10. The Labute approximate surface area is 162 Å². The molecule has 0 spiro atoms. The van der Waals surface area contributed by atoms with E-state index < -0.39 is 0 Å². The van der Waals surface area contributed by atoms with E-state index in [-0.39, 0.29) is 24.0 Å². The van der Waals surface area contributed by atoms with Gasteiger partial charge < -0.3 is 15.0 Å². The molecule has 0 aliphatic carbocycles. The number of halogens is 1. The van der Waals surface area contributed by atoms with E-state index >= 15 is 0 Å². The van der Waals surface area contributed by atoms with E-state index in [1.54, 1.807) is 0 Å². The zero-order valence-corrected chi connectivity index (χ0v) is 17.5. The van der Waals surface area contributed by atoms with E-state index in [4.69, 9.17) is 0 Å². The van der Waals surface area contributed by atoms with Crippen LogP contribution >= 0.6 is 24.0 Å². The first kappa shape index (κ1) is 20.7. The van der Waals surface area contributed by atoms with Gasteiger partial charge >= 0.3 is 0 Å². The Morgan fingerprint density at radius 2 is 1.96 bits per heavy atom. The van der Waals surface area contributed by atoms with Gasteiger partial charge in [0, 0.05) is 25.0 Å². The Morgan fingerprint density at radius 3 is 2.58 bits per heavy atom. The number of aromatic nitrogens is 2. The molecule has 0 aliphatic rings. The lowest BCUT2D eigenvalue weighted by Gasteiger charge is -2.16. The van der Waals surface area contributed by atoms with Gasteiger partial charge in [0.1, 0.15) is 5.65 Å². The highest BCUT2D eigenvalue weighted by Gasteiger charge is 2.06. The van der Waals surface area contributed by atoms with Crippen LogP contribution in [0.15, 0.2) is 29.4 Å². The van der Waals surface area contributed by atoms with Crippen LogP contribution in [0, 0.1) is 12.8 Å². The molecule has 134 valence electrons. The molecule has 2 aromatic rings. The lowest BCUT2D eigenvalue weighted by Crippen LogP contribution is -2.39. The smallest absolute Gasteiger partial charge is 0.191 e. The third kappa shape index (κ3) is 5.65. The highest BCUT2D eigenvalue weighted by atomic mass is 127. The minimum atomic E-state index is 0. The van der Waals surface area contributed by atoms with Crippen LogP contribution in [0.1, 0.15) is 45.0 Å². The minimum Gasteiger partial charge on any atom is -0.357 e. The number of guanidine groups is 1. The maximum Gasteiger partial charge on any atom is 0.191 e. The fourth-order valence-corrected chi connectivity index (χ4v) is 2.60. The third-order valence-corrected chi connectivity index (χ3v) is 4.20. The molecule has 2 aromatic heterocycles. The molecule has 0 amide bonds. The summed E-state index contributed by atoms with van der Waals surface area (Å²) in [7, 11) is 0. The molecule has 0 saturated heterocycles. The van der Waals surface area contributed by atoms with Gasteiger partial charge in [0.05, 0.1) is 12.2 Å². The van der Waals surface area contributed by atoms with Crippen LogP contribution in [0.2, 0.25) is 0 Å². The Hall–Kier alpha value is -1.31. The van der Waals surface area contributed by atoms with Gasteiger partial charge in [-0.15, -0.1) is 24.0 Å². The maximum absolute atomic E-state index is 4.67. The van der Waals surface area contributed by atoms with Crippen molar-refractivity contribution in [1.82, 2.24) is 20.0 Å². The molecule has 2 heterocycles. The Balaban J connectivity index is 0.00000288. The van der Waals surface area contributed by atoms with Crippen molar-refractivity contribution in [3.63, 3.8) is 0 Å². The first-order valence-electron chi connectivity index (χ1n) is 8.63. The molecule has 0 saturated carbocycles. The van der Waals surface area contributed by atoms with Crippen LogP contribution in [0.3, 0.4) is 0 Å². The lowest BCUT2D eigenvalue weighted by atomic mass is 10.0. The topological polar surface area (TPSA) is 53.7 Å². The summed E-state index contributed by atoms with van der Waals surface area (Å²) in [6.07, 6.45) is 4.45. The second kappa shape index (κ2) is 10.5. The van der Waals surface area contributed by atoms with Crippen molar-refractivity contribution in [2.45, 2.75) is 47.1 Å². The fraction of sp³-hybridized carbons (Fsp3) is 0.556. The number of fused-ring (bicyclic) bond motifs is 1. The monoisotopic (exact) mass is 443 g/mol. The number of nitrogens with zero attached hydrogens (tertiary/aromatic N) is 3. The summed E-state index contributed by atoms with van der Waals surface area (Å²) in [5.41, 5.74) is 3.15. The predicted molar refractivity (Wildman–Crippen MR) is 112 cm³/mol. The van der Waals surface area contributed by atoms with Gasteiger partial charge in [-0.3, -0.25) is 0 Å². The molecule has 0 aliphatic heterocycles. The standard InChI is InChI=1S/C18H29N5.HI/c1-5-15(6-2)11-20-18(19-7-3)21-12-16-13-23-14(4)9-8-10-17(23)22-16;/h8-10,13,15H,5-7,11-12H2,1-4H3,(H2,19,20,21);1H. The van der Waals surface area contributed by atoms with Crippen LogP contribution in [0.25, 0.3) is 5.65 Å². The summed E-state index contributed by atoms with van der Waals surface area (Å²) >= 11 is 0. The molecule has 0 bridgehead atoms. The Bertz CT molecular complexity index is 646. The number of aryl methyl sites for hydroxylation is 1. The zero-order valence-electron chi connectivity index (χ0n) is 15.2. The largest absolute Gasteiger partial charge is 0.357 e. The summed E-state index contributed by atoms with van der Waals surface area (Å²) in [6, 6.07) is 6.14. The number of imidazole rings is 1. The second-order valence-corrected chi connectivity index (χ2v) is 5.89. The molecule has 2 N–H and O–H groups in total. The van der Waals surface area contributed by atoms with Crippen molar-refractivity contribution in [2.75, 3.05) is 13.1 Å². The van der Waals surface area contributed by atoms with E-state index in [2.05, 4.69) is 65.0 Å². The molecule has 0 aromatic carbocycles.